The minimum atomic E-state index is -0.761. The Morgan fingerprint density at radius 2 is 1.43 bits per heavy atom. The highest BCUT2D eigenvalue weighted by atomic mass is 16.6. The van der Waals surface area contributed by atoms with Gasteiger partial charge in [0.25, 0.3) is 0 Å². The highest BCUT2D eigenvalue weighted by molar-refractivity contribution is 5.89. The lowest BCUT2D eigenvalue weighted by Crippen LogP contribution is -2.41. The first-order chi connectivity index (χ1) is 19.2. The minimum Gasteiger partial charge on any atom is -0.468 e. The van der Waals surface area contributed by atoms with Crippen molar-refractivity contribution in [2.24, 2.45) is 11.8 Å². The highest BCUT2D eigenvalue weighted by Crippen LogP contribution is 2.31. The zero-order chi connectivity index (χ0) is 29.5. The number of esters is 4. The molecule has 0 saturated heterocycles. The first-order valence-electron chi connectivity index (χ1n) is 13.7. The predicted molar refractivity (Wildman–Crippen MR) is 150 cm³/mol. The van der Waals surface area contributed by atoms with E-state index in [1.165, 1.54) is 7.11 Å². The van der Waals surface area contributed by atoms with E-state index in [1.807, 2.05) is 27.7 Å². The summed E-state index contributed by atoms with van der Waals surface area (Å²) in [5, 5.41) is 3.05. The molecule has 0 aromatic heterocycles. The topological polar surface area (TPSA) is 117 Å². The van der Waals surface area contributed by atoms with E-state index < -0.39 is 29.9 Å². The molecule has 2 rings (SSSR count). The van der Waals surface area contributed by atoms with Gasteiger partial charge in [-0.05, 0) is 48.1 Å². The molecule has 218 valence electrons. The van der Waals surface area contributed by atoms with Gasteiger partial charge >= 0.3 is 23.9 Å². The van der Waals surface area contributed by atoms with Crippen molar-refractivity contribution in [1.29, 1.82) is 0 Å². The Balaban J connectivity index is 2.13. The molecule has 0 saturated carbocycles. The monoisotopic (exact) mass is 555 g/mol. The molecule has 1 N–H and O–H groups in total. The lowest BCUT2D eigenvalue weighted by Gasteiger charge is -2.18. The van der Waals surface area contributed by atoms with Gasteiger partial charge in [0.1, 0.15) is 12.6 Å². The van der Waals surface area contributed by atoms with Crippen LogP contribution in [0.3, 0.4) is 0 Å². The third kappa shape index (κ3) is 11.2. The van der Waals surface area contributed by atoms with Gasteiger partial charge in [-0.1, -0.05) is 64.8 Å². The van der Waals surface area contributed by atoms with Gasteiger partial charge < -0.3 is 24.3 Å². The molecule has 0 aliphatic heterocycles. The van der Waals surface area contributed by atoms with Crippen molar-refractivity contribution in [2.45, 2.75) is 65.8 Å². The van der Waals surface area contributed by atoms with Crippen LogP contribution in [0.4, 0.5) is 0 Å². The van der Waals surface area contributed by atoms with Gasteiger partial charge in [-0.25, -0.2) is 4.79 Å². The number of hydrogen-bond acceptors (Lipinski definition) is 9. The maximum atomic E-state index is 12.6. The maximum absolute atomic E-state index is 12.6. The summed E-state index contributed by atoms with van der Waals surface area (Å²) in [7, 11) is 1.29. The quantitative estimate of drug-likeness (QED) is 0.175. The van der Waals surface area contributed by atoms with Gasteiger partial charge in [-0.15, -0.1) is 0 Å². The van der Waals surface area contributed by atoms with Crippen molar-refractivity contribution < 1.29 is 38.1 Å². The SMILES string of the molecule is CCC(C)CC(=O)Oc1ccc(C[C@H](NCCOC(=O)c2ccccc2)C(=O)OC)cc1OC(=O)CC(C)CC. The highest BCUT2D eigenvalue weighted by Gasteiger charge is 2.22. The second-order valence-corrected chi connectivity index (χ2v) is 9.90. The molecule has 9 nitrogen and oxygen atoms in total. The zero-order valence-corrected chi connectivity index (χ0v) is 24.1. The fourth-order valence-electron chi connectivity index (χ4n) is 3.68. The van der Waals surface area contributed by atoms with Gasteiger partial charge in [0.2, 0.25) is 0 Å². The van der Waals surface area contributed by atoms with Crippen LogP contribution in [-0.4, -0.2) is 50.2 Å². The first kappa shape index (κ1) is 32.5. The van der Waals surface area contributed by atoms with Crippen LogP contribution in [0.25, 0.3) is 0 Å². The average molecular weight is 556 g/mol. The summed E-state index contributed by atoms with van der Waals surface area (Å²) in [6.45, 7) is 8.15. The summed E-state index contributed by atoms with van der Waals surface area (Å²) in [6, 6.07) is 12.7. The van der Waals surface area contributed by atoms with E-state index in [0.717, 1.165) is 12.8 Å². The number of hydrogen-bond donors (Lipinski definition) is 1. The van der Waals surface area contributed by atoms with Gasteiger partial charge in [-0.2, -0.15) is 0 Å². The number of carbonyl (C=O) groups is 4. The predicted octanol–water partition coefficient (Wildman–Crippen LogP) is 4.90. The maximum Gasteiger partial charge on any atom is 0.338 e. The lowest BCUT2D eigenvalue weighted by molar-refractivity contribution is -0.143. The first-order valence-corrected chi connectivity index (χ1v) is 13.7. The molecule has 0 bridgehead atoms. The standard InChI is InChI=1S/C31H41NO8/c1-6-21(3)17-28(33)39-26-14-13-23(20-27(26)40-29(34)18-22(4)7-2)19-25(31(36)37-5)32-15-16-38-30(35)24-11-9-8-10-12-24/h8-14,20-22,25,32H,6-7,15-19H2,1-5H3/t21?,22?,25-/m0/s1. The van der Waals surface area contributed by atoms with Crippen LogP contribution in [0, 0.1) is 11.8 Å². The Morgan fingerprint density at radius 1 is 0.825 bits per heavy atom. The largest absolute Gasteiger partial charge is 0.468 e. The number of methoxy groups -OCH3 is 1. The molecule has 2 unspecified atom stereocenters. The number of rotatable bonds is 16. The molecule has 2 aromatic rings. The van der Waals surface area contributed by atoms with Crippen molar-refractivity contribution in [2.75, 3.05) is 20.3 Å². The van der Waals surface area contributed by atoms with E-state index in [-0.39, 0.29) is 55.7 Å². The second-order valence-electron chi connectivity index (χ2n) is 9.90. The van der Waals surface area contributed by atoms with Gasteiger partial charge in [0.15, 0.2) is 11.5 Å². The molecule has 0 aliphatic carbocycles. The minimum absolute atomic E-state index is 0.0464. The molecular weight excluding hydrogens is 514 g/mol. The Hall–Kier alpha value is -3.72. The average Bonchev–Trinajstić information content (AvgIpc) is 2.95. The molecule has 0 amide bonds. The van der Waals surface area contributed by atoms with Gasteiger partial charge in [0.05, 0.1) is 12.7 Å². The summed E-state index contributed by atoms with van der Waals surface area (Å²) < 4.78 is 21.4. The molecule has 0 fully saturated rings. The van der Waals surface area contributed by atoms with E-state index in [2.05, 4.69) is 5.32 Å². The summed E-state index contributed by atoms with van der Waals surface area (Å²) in [4.78, 5) is 49.7. The Morgan fingerprint density at radius 3 is 2.00 bits per heavy atom. The third-order valence-electron chi connectivity index (χ3n) is 6.54. The molecule has 40 heavy (non-hydrogen) atoms. The molecule has 9 heteroatoms. The van der Waals surface area contributed by atoms with Crippen LogP contribution in [0.5, 0.6) is 11.5 Å². The van der Waals surface area contributed by atoms with Crippen LogP contribution < -0.4 is 14.8 Å². The van der Waals surface area contributed by atoms with Crippen molar-refractivity contribution in [3.8, 4) is 11.5 Å². The zero-order valence-electron chi connectivity index (χ0n) is 24.1. The van der Waals surface area contributed by atoms with E-state index in [1.54, 1.807) is 48.5 Å². The number of carbonyl (C=O) groups excluding carboxylic acids is 4. The fraction of sp³-hybridized carbons (Fsp3) is 0.484. The Bertz CT molecular complexity index is 1120. The summed E-state index contributed by atoms with van der Waals surface area (Å²) in [6.07, 6.45) is 2.30. The Labute approximate surface area is 236 Å². The second kappa shape index (κ2) is 17.1. The van der Waals surface area contributed by atoms with Gasteiger partial charge in [0, 0.05) is 19.4 Å². The molecule has 0 heterocycles. The normalized spacial score (nSPS) is 13.0. The van der Waals surface area contributed by atoms with E-state index in [4.69, 9.17) is 18.9 Å². The van der Waals surface area contributed by atoms with E-state index in [9.17, 15) is 19.2 Å². The van der Waals surface area contributed by atoms with Crippen LogP contribution >= 0.6 is 0 Å². The van der Waals surface area contributed by atoms with Crippen molar-refractivity contribution in [3.63, 3.8) is 0 Å². The van der Waals surface area contributed by atoms with Gasteiger partial charge in [-0.3, -0.25) is 14.4 Å². The summed E-state index contributed by atoms with van der Waals surface area (Å²) in [5.41, 5.74) is 1.09. The summed E-state index contributed by atoms with van der Waals surface area (Å²) in [5.74, 6) is -1.27. The van der Waals surface area contributed by atoms with Crippen LogP contribution in [0.1, 0.15) is 69.3 Å². The molecule has 2 aromatic carbocycles. The number of ether oxygens (including phenoxy) is 4. The lowest BCUT2D eigenvalue weighted by atomic mass is 10.0. The molecule has 0 radical (unpaired) electrons. The molecular formula is C31H41NO8. The summed E-state index contributed by atoms with van der Waals surface area (Å²) >= 11 is 0. The van der Waals surface area contributed by atoms with Crippen LogP contribution in [0.15, 0.2) is 48.5 Å². The third-order valence-corrected chi connectivity index (χ3v) is 6.54. The Kier molecular flexibility index (Phi) is 13.9. The van der Waals surface area contributed by atoms with Crippen molar-refractivity contribution in [3.05, 3.63) is 59.7 Å². The fourth-order valence-corrected chi connectivity index (χ4v) is 3.68. The van der Waals surface area contributed by atoms with Crippen molar-refractivity contribution >= 4 is 23.9 Å². The number of nitrogens with one attached hydrogen (secondary N) is 1. The van der Waals surface area contributed by atoms with Crippen LogP contribution in [-0.2, 0) is 30.3 Å². The molecule has 0 spiro atoms. The smallest absolute Gasteiger partial charge is 0.338 e. The van der Waals surface area contributed by atoms with E-state index in [0.29, 0.717) is 11.1 Å². The van der Waals surface area contributed by atoms with E-state index >= 15 is 0 Å². The van der Waals surface area contributed by atoms with Crippen molar-refractivity contribution in [1.82, 2.24) is 5.32 Å². The number of benzene rings is 2. The molecule has 3 atom stereocenters. The molecule has 0 aliphatic rings. The van der Waals surface area contributed by atoms with Crippen LogP contribution in [0.2, 0.25) is 0 Å².